The van der Waals surface area contributed by atoms with Crippen molar-refractivity contribution in [3.8, 4) is 0 Å². The van der Waals surface area contributed by atoms with E-state index >= 15 is 0 Å². The fourth-order valence-corrected chi connectivity index (χ4v) is 2.96. The molecule has 0 radical (unpaired) electrons. The first-order valence-corrected chi connectivity index (χ1v) is 7.98. The summed E-state index contributed by atoms with van der Waals surface area (Å²) in [5, 5.41) is 7.85. The molecule has 0 aromatic carbocycles. The molecule has 2 atom stereocenters. The van der Waals surface area contributed by atoms with E-state index in [1.54, 1.807) is 0 Å². The van der Waals surface area contributed by atoms with Crippen LogP contribution in [-0.2, 0) is 11.3 Å². The van der Waals surface area contributed by atoms with Crippen LogP contribution < -0.4 is 5.32 Å². The highest BCUT2D eigenvalue weighted by Gasteiger charge is 2.27. The molecule has 4 nitrogen and oxygen atoms in total. The number of rotatable bonds is 9. The molecule has 0 amide bonds. The number of likely N-dealkylation sites (N-methyl/N-ethyl adjacent to an activating group) is 1. The summed E-state index contributed by atoms with van der Waals surface area (Å²) in [5.74, 6) is 0. The standard InChI is InChI=1S/C14H26BrN3O/c1-5-8-12(19-7-3)13(16-4)14-11(15)10-17-18(14)9-6-2/h10,12-13,16H,5-9H2,1-4H3. The maximum Gasteiger partial charge on any atom is 0.0785 e. The maximum absolute atomic E-state index is 5.92. The first-order valence-electron chi connectivity index (χ1n) is 7.19. The smallest absolute Gasteiger partial charge is 0.0785 e. The van der Waals surface area contributed by atoms with Crippen LogP contribution in [0, 0.1) is 0 Å². The van der Waals surface area contributed by atoms with E-state index < -0.39 is 0 Å². The fourth-order valence-electron chi connectivity index (χ4n) is 2.41. The molecule has 0 fully saturated rings. The molecular weight excluding hydrogens is 306 g/mol. The van der Waals surface area contributed by atoms with E-state index in [9.17, 15) is 0 Å². The van der Waals surface area contributed by atoms with Crippen LogP contribution in [0.2, 0.25) is 0 Å². The summed E-state index contributed by atoms with van der Waals surface area (Å²) >= 11 is 3.62. The van der Waals surface area contributed by atoms with Gasteiger partial charge in [0.1, 0.15) is 0 Å². The fraction of sp³-hybridized carbons (Fsp3) is 0.786. The summed E-state index contributed by atoms with van der Waals surface area (Å²) in [7, 11) is 1.99. The molecule has 0 saturated carbocycles. The van der Waals surface area contributed by atoms with E-state index in [4.69, 9.17) is 4.74 Å². The molecule has 110 valence electrons. The third-order valence-corrected chi connectivity index (χ3v) is 3.81. The minimum atomic E-state index is 0.170. The van der Waals surface area contributed by atoms with Crippen molar-refractivity contribution in [2.75, 3.05) is 13.7 Å². The predicted molar refractivity (Wildman–Crippen MR) is 82.3 cm³/mol. The molecular formula is C14H26BrN3O. The Bertz CT molecular complexity index is 362. The van der Waals surface area contributed by atoms with Crippen molar-refractivity contribution in [3.63, 3.8) is 0 Å². The average molecular weight is 332 g/mol. The second kappa shape index (κ2) is 8.72. The van der Waals surface area contributed by atoms with Gasteiger partial charge in [-0.25, -0.2) is 0 Å². The van der Waals surface area contributed by atoms with Crippen molar-refractivity contribution in [3.05, 3.63) is 16.4 Å². The normalized spacial score (nSPS) is 14.6. The molecule has 1 aromatic rings. The van der Waals surface area contributed by atoms with Crippen LogP contribution in [0.3, 0.4) is 0 Å². The molecule has 1 N–H and O–H groups in total. The highest BCUT2D eigenvalue weighted by molar-refractivity contribution is 9.10. The van der Waals surface area contributed by atoms with Gasteiger partial charge in [0.25, 0.3) is 0 Å². The maximum atomic E-state index is 5.92. The quantitative estimate of drug-likeness (QED) is 0.752. The van der Waals surface area contributed by atoms with Gasteiger partial charge < -0.3 is 10.1 Å². The number of nitrogens with zero attached hydrogens (tertiary/aromatic N) is 2. The Balaban J connectivity index is 3.02. The zero-order valence-corrected chi connectivity index (χ0v) is 14.0. The van der Waals surface area contributed by atoms with Crippen LogP contribution in [0.1, 0.15) is 51.8 Å². The lowest BCUT2D eigenvalue weighted by molar-refractivity contribution is 0.0271. The van der Waals surface area contributed by atoms with Gasteiger partial charge in [-0.05, 0) is 42.7 Å². The zero-order chi connectivity index (χ0) is 14.3. The number of aromatic nitrogens is 2. The number of halogens is 1. The van der Waals surface area contributed by atoms with Gasteiger partial charge in [0.15, 0.2) is 0 Å². The second-order valence-corrected chi connectivity index (χ2v) is 5.50. The summed E-state index contributed by atoms with van der Waals surface area (Å²) in [5.41, 5.74) is 1.19. The summed E-state index contributed by atoms with van der Waals surface area (Å²) in [6.07, 6.45) is 5.30. The van der Waals surface area contributed by atoms with E-state index in [0.29, 0.717) is 0 Å². The number of ether oxygens (including phenoxy) is 1. The Labute approximate surface area is 125 Å². The molecule has 1 aromatic heterocycles. The van der Waals surface area contributed by atoms with E-state index in [2.05, 4.69) is 44.9 Å². The highest BCUT2D eigenvalue weighted by atomic mass is 79.9. The Kier molecular flexibility index (Phi) is 7.64. The van der Waals surface area contributed by atoms with Gasteiger partial charge in [0, 0.05) is 13.2 Å². The van der Waals surface area contributed by atoms with E-state index in [1.165, 1.54) is 5.69 Å². The van der Waals surface area contributed by atoms with Crippen molar-refractivity contribution < 1.29 is 4.74 Å². The lowest BCUT2D eigenvalue weighted by Crippen LogP contribution is -2.34. The van der Waals surface area contributed by atoms with Crippen LogP contribution in [0.5, 0.6) is 0 Å². The summed E-state index contributed by atoms with van der Waals surface area (Å²) in [6.45, 7) is 8.08. The van der Waals surface area contributed by atoms with E-state index in [0.717, 1.165) is 36.9 Å². The largest absolute Gasteiger partial charge is 0.376 e. The molecule has 1 rings (SSSR count). The van der Waals surface area contributed by atoms with Gasteiger partial charge in [-0.3, -0.25) is 4.68 Å². The van der Waals surface area contributed by atoms with Crippen LogP contribution in [-0.4, -0.2) is 29.5 Å². The van der Waals surface area contributed by atoms with E-state index in [-0.39, 0.29) is 12.1 Å². The molecule has 19 heavy (non-hydrogen) atoms. The predicted octanol–water partition coefficient (Wildman–Crippen LogP) is 3.52. The van der Waals surface area contributed by atoms with Crippen LogP contribution in [0.15, 0.2) is 10.7 Å². The molecule has 2 unspecified atom stereocenters. The van der Waals surface area contributed by atoms with Gasteiger partial charge in [-0.15, -0.1) is 0 Å². The van der Waals surface area contributed by atoms with E-state index in [1.807, 2.05) is 20.2 Å². The van der Waals surface area contributed by atoms with Crippen molar-refractivity contribution in [2.45, 2.75) is 58.7 Å². The summed E-state index contributed by atoms with van der Waals surface area (Å²) < 4.78 is 9.06. The Morgan fingerprint density at radius 1 is 1.37 bits per heavy atom. The molecule has 0 aliphatic heterocycles. The zero-order valence-electron chi connectivity index (χ0n) is 12.4. The third kappa shape index (κ3) is 4.29. The molecule has 0 aliphatic carbocycles. The van der Waals surface area contributed by atoms with Crippen molar-refractivity contribution in [2.24, 2.45) is 0 Å². The van der Waals surface area contributed by atoms with Crippen LogP contribution in [0.25, 0.3) is 0 Å². The van der Waals surface area contributed by atoms with Gasteiger partial charge in [-0.2, -0.15) is 5.10 Å². The minimum absolute atomic E-state index is 0.170. The highest BCUT2D eigenvalue weighted by Crippen LogP contribution is 2.29. The number of nitrogens with one attached hydrogen (secondary N) is 1. The molecule has 5 heteroatoms. The van der Waals surface area contributed by atoms with Crippen molar-refractivity contribution in [1.29, 1.82) is 0 Å². The second-order valence-electron chi connectivity index (χ2n) is 4.65. The molecule has 0 saturated heterocycles. The molecule has 0 bridgehead atoms. The number of hydrogen-bond donors (Lipinski definition) is 1. The Morgan fingerprint density at radius 3 is 2.63 bits per heavy atom. The Hall–Kier alpha value is -0.390. The van der Waals surface area contributed by atoms with Crippen LogP contribution in [0.4, 0.5) is 0 Å². The number of hydrogen-bond acceptors (Lipinski definition) is 3. The monoisotopic (exact) mass is 331 g/mol. The third-order valence-electron chi connectivity index (χ3n) is 3.20. The minimum Gasteiger partial charge on any atom is -0.376 e. The molecule has 0 spiro atoms. The summed E-state index contributed by atoms with van der Waals surface area (Å²) in [4.78, 5) is 0. The van der Waals surface area contributed by atoms with Gasteiger partial charge >= 0.3 is 0 Å². The van der Waals surface area contributed by atoms with Gasteiger partial charge in [0.05, 0.1) is 28.5 Å². The van der Waals surface area contributed by atoms with Gasteiger partial charge in [-0.1, -0.05) is 20.3 Å². The van der Waals surface area contributed by atoms with Gasteiger partial charge in [0.2, 0.25) is 0 Å². The summed E-state index contributed by atoms with van der Waals surface area (Å²) in [6, 6.07) is 0.170. The lowest BCUT2D eigenvalue weighted by Gasteiger charge is -2.27. The average Bonchev–Trinajstić information content (AvgIpc) is 2.74. The first kappa shape index (κ1) is 16.7. The molecule has 1 heterocycles. The van der Waals surface area contributed by atoms with Crippen molar-refractivity contribution >= 4 is 15.9 Å². The Morgan fingerprint density at radius 2 is 2.11 bits per heavy atom. The molecule has 0 aliphatic rings. The first-order chi connectivity index (χ1) is 9.19. The van der Waals surface area contributed by atoms with Crippen LogP contribution >= 0.6 is 15.9 Å². The SMILES string of the molecule is CCCC(OCC)C(NC)c1c(Br)cnn1CCC. The lowest BCUT2D eigenvalue weighted by atomic mass is 10.0. The van der Waals surface area contributed by atoms with Crippen molar-refractivity contribution in [1.82, 2.24) is 15.1 Å². The number of aryl methyl sites for hydroxylation is 1. The topological polar surface area (TPSA) is 39.1 Å².